The van der Waals surface area contributed by atoms with Gasteiger partial charge in [-0.3, -0.25) is 14.7 Å². The van der Waals surface area contributed by atoms with Gasteiger partial charge < -0.3 is 10.1 Å². The highest BCUT2D eigenvalue weighted by molar-refractivity contribution is 5.80. The molecule has 3 heterocycles. The van der Waals surface area contributed by atoms with Gasteiger partial charge >= 0.3 is 0 Å². The number of carbonyl (C=O) groups excluding carboxylic acids is 1. The smallest absolute Gasteiger partial charge is 0.226 e. The van der Waals surface area contributed by atoms with Crippen molar-refractivity contribution in [1.82, 2.24) is 15.2 Å². The van der Waals surface area contributed by atoms with Crippen LogP contribution in [0.3, 0.4) is 0 Å². The quantitative estimate of drug-likeness (QED) is 0.927. The lowest BCUT2D eigenvalue weighted by Crippen LogP contribution is -2.37. The first-order valence-corrected chi connectivity index (χ1v) is 9.25. The van der Waals surface area contributed by atoms with E-state index < -0.39 is 0 Å². The number of carbonyl (C=O) groups is 1. The summed E-state index contributed by atoms with van der Waals surface area (Å²) in [6, 6.07) is 12.9. The molecule has 130 valence electrons. The van der Waals surface area contributed by atoms with Gasteiger partial charge in [-0.2, -0.15) is 0 Å². The van der Waals surface area contributed by atoms with Crippen molar-refractivity contribution in [1.29, 1.82) is 0 Å². The van der Waals surface area contributed by atoms with Crippen LogP contribution in [0.25, 0.3) is 10.9 Å². The zero-order chi connectivity index (χ0) is 16.8. The normalized spacial score (nSPS) is 29.0. The first-order valence-electron chi connectivity index (χ1n) is 9.25. The Morgan fingerprint density at radius 3 is 2.96 bits per heavy atom. The van der Waals surface area contributed by atoms with Crippen LogP contribution >= 0.6 is 0 Å². The molecule has 3 atom stereocenters. The Bertz CT molecular complexity index is 804. The summed E-state index contributed by atoms with van der Waals surface area (Å²) in [5.74, 6) is 0.528. The molecule has 2 saturated heterocycles. The molecule has 0 bridgehead atoms. The average molecular weight is 337 g/mol. The van der Waals surface area contributed by atoms with E-state index in [1.54, 1.807) is 0 Å². The Morgan fingerprint density at radius 2 is 2.08 bits per heavy atom. The Balaban J connectivity index is 1.26. The Kier molecular flexibility index (Phi) is 3.71. The molecule has 5 heteroatoms. The molecule has 0 unspecified atom stereocenters. The maximum absolute atomic E-state index is 12.4. The topological polar surface area (TPSA) is 54.5 Å². The van der Waals surface area contributed by atoms with E-state index in [1.807, 2.05) is 12.1 Å². The number of nitrogens with one attached hydrogen (secondary N) is 1. The van der Waals surface area contributed by atoms with Gasteiger partial charge in [0, 0.05) is 37.0 Å². The van der Waals surface area contributed by atoms with E-state index in [0.29, 0.717) is 18.6 Å². The van der Waals surface area contributed by atoms with Crippen LogP contribution in [0.1, 0.15) is 18.5 Å². The minimum absolute atomic E-state index is 0.0140. The molecule has 1 aliphatic carbocycles. The highest BCUT2D eigenvalue weighted by Gasteiger charge is 2.47. The van der Waals surface area contributed by atoms with E-state index >= 15 is 0 Å². The Hall–Kier alpha value is -1.98. The van der Waals surface area contributed by atoms with E-state index in [0.717, 1.165) is 43.7 Å². The second-order valence-electron chi connectivity index (χ2n) is 7.61. The summed E-state index contributed by atoms with van der Waals surface area (Å²) in [5, 5.41) is 4.31. The van der Waals surface area contributed by atoms with E-state index in [9.17, 15) is 4.79 Å². The zero-order valence-electron chi connectivity index (χ0n) is 14.2. The molecule has 3 aliphatic rings. The molecule has 1 aromatic heterocycles. The lowest BCUT2D eigenvalue weighted by molar-refractivity contribution is -0.126. The molecule has 5 nitrogen and oxygen atoms in total. The predicted molar refractivity (Wildman–Crippen MR) is 94.9 cm³/mol. The molecule has 3 fully saturated rings. The van der Waals surface area contributed by atoms with Gasteiger partial charge in [-0.15, -0.1) is 0 Å². The van der Waals surface area contributed by atoms with Crippen LogP contribution in [-0.4, -0.2) is 47.6 Å². The van der Waals surface area contributed by atoms with Crippen LogP contribution in [0.5, 0.6) is 0 Å². The summed E-state index contributed by atoms with van der Waals surface area (Å²) in [6.07, 6.45) is 2.45. The molecule has 2 aliphatic heterocycles. The van der Waals surface area contributed by atoms with Gasteiger partial charge in [0.15, 0.2) is 0 Å². The summed E-state index contributed by atoms with van der Waals surface area (Å²) in [4.78, 5) is 19.6. The number of rotatable bonds is 4. The third-order valence-electron chi connectivity index (χ3n) is 5.69. The summed E-state index contributed by atoms with van der Waals surface area (Å²) in [7, 11) is 0. The maximum atomic E-state index is 12.4. The molecular weight excluding hydrogens is 314 g/mol. The van der Waals surface area contributed by atoms with Gasteiger partial charge in [-0.05, 0) is 25.0 Å². The molecule has 1 amide bonds. The van der Waals surface area contributed by atoms with Gasteiger partial charge in [0.25, 0.3) is 0 Å². The van der Waals surface area contributed by atoms with Crippen LogP contribution < -0.4 is 5.32 Å². The van der Waals surface area contributed by atoms with E-state index in [1.165, 1.54) is 5.39 Å². The third kappa shape index (κ3) is 3.02. The van der Waals surface area contributed by atoms with Crippen molar-refractivity contribution in [2.45, 2.75) is 31.5 Å². The van der Waals surface area contributed by atoms with Gasteiger partial charge in [0.05, 0.1) is 29.8 Å². The number of fused-ring (bicyclic) bond motifs is 2. The van der Waals surface area contributed by atoms with Crippen LogP contribution in [0.4, 0.5) is 0 Å². The van der Waals surface area contributed by atoms with Crippen molar-refractivity contribution in [3.8, 4) is 0 Å². The highest BCUT2D eigenvalue weighted by Crippen LogP contribution is 2.35. The lowest BCUT2D eigenvalue weighted by atomic mass is 9.92. The Morgan fingerprint density at radius 1 is 1.20 bits per heavy atom. The van der Waals surface area contributed by atoms with E-state index in [2.05, 4.69) is 34.5 Å². The number of aromatic nitrogens is 1. The largest absolute Gasteiger partial charge is 0.376 e. The fourth-order valence-corrected chi connectivity index (χ4v) is 4.15. The van der Waals surface area contributed by atoms with Gasteiger partial charge in [0.1, 0.15) is 0 Å². The minimum atomic E-state index is 0.0140. The minimum Gasteiger partial charge on any atom is -0.376 e. The SMILES string of the molecule is O=C(NC1CC1)[C@@H]1CO[C@H]2CN(Cc3ccc4ccccc4n3)C[C@H]21. The molecule has 0 spiro atoms. The van der Waals surface area contributed by atoms with Gasteiger partial charge in [0.2, 0.25) is 5.91 Å². The Labute approximate surface area is 147 Å². The van der Waals surface area contributed by atoms with E-state index in [-0.39, 0.29) is 17.9 Å². The molecule has 25 heavy (non-hydrogen) atoms. The van der Waals surface area contributed by atoms with Crippen molar-refractivity contribution >= 4 is 16.8 Å². The number of hydrogen-bond donors (Lipinski definition) is 1. The molecule has 1 N–H and O–H groups in total. The predicted octanol–water partition coefficient (Wildman–Crippen LogP) is 1.96. The second-order valence-corrected chi connectivity index (χ2v) is 7.61. The van der Waals surface area contributed by atoms with Crippen LogP contribution in [0, 0.1) is 11.8 Å². The van der Waals surface area contributed by atoms with Crippen molar-refractivity contribution in [3.05, 3.63) is 42.1 Å². The lowest BCUT2D eigenvalue weighted by Gasteiger charge is -2.19. The molecule has 0 radical (unpaired) electrons. The molecule has 1 saturated carbocycles. The number of hydrogen-bond acceptors (Lipinski definition) is 4. The number of amides is 1. The average Bonchev–Trinajstić information content (AvgIpc) is 3.21. The number of ether oxygens (including phenoxy) is 1. The van der Waals surface area contributed by atoms with Crippen LogP contribution in [0.15, 0.2) is 36.4 Å². The fourth-order valence-electron chi connectivity index (χ4n) is 4.15. The van der Waals surface area contributed by atoms with Crippen LogP contribution in [0.2, 0.25) is 0 Å². The number of para-hydroxylation sites is 1. The third-order valence-corrected chi connectivity index (χ3v) is 5.69. The molecule has 1 aromatic carbocycles. The summed E-state index contributed by atoms with van der Waals surface area (Å²) in [5.41, 5.74) is 2.12. The molecule has 5 rings (SSSR count). The first-order chi connectivity index (χ1) is 12.3. The first kappa shape index (κ1) is 15.3. The van der Waals surface area contributed by atoms with Crippen LogP contribution in [-0.2, 0) is 16.1 Å². The summed E-state index contributed by atoms with van der Waals surface area (Å²) in [6.45, 7) is 3.21. The van der Waals surface area contributed by atoms with Gasteiger partial charge in [-0.25, -0.2) is 0 Å². The number of likely N-dealkylation sites (tertiary alicyclic amines) is 1. The maximum Gasteiger partial charge on any atom is 0.226 e. The van der Waals surface area contributed by atoms with Crippen molar-refractivity contribution < 1.29 is 9.53 Å². The second kappa shape index (κ2) is 6.07. The fraction of sp³-hybridized carbons (Fsp3) is 0.500. The van der Waals surface area contributed by atoms with Crippen molar-refractivity contribution in [2.24, 2.45) is 11.8 Å². The van der Waals surface area contributed by atoms with Crippen molar-refractivity contribution in [3.63, 3.8) is 0 Å². The highest BCUT2D eigenvalue weighted by atomic mass is 16.5. The molecular formula is C20H23N3O2. The number of pyridine rings is 1. The zero-order valence-corrected chi connectivity index (χ0v) is 14.2. The van der Waals surface area contributed by atoms with Gasteiger partial charge in [-0.1, -0.05) is 24.3 Å². The molecule has 2 aromatic rings. The number of benzene rings is 1. The number of nitrogens with zero attached hydrogens (tertiary/aromatic N) is 2. The van der Waals surface area contributed by atoms with E-state index in [4.69, 9.17) is 9.72 Å². The monoisotopic (exact) mass is 337 g/mol. The standard InChI is InChI=1S/C20H23N3O2/c24-20(22-14-7-8-14)17-12-25-19-11-23(10-16(17)19)9-15-6-5-13-3-1-2-4-18(13)21-15/h1-6,14,16-17,19H,7-12H2,(H,22,24)/t16-,17+,19-/m0/s1. The summed E-state index contributed by atoms with van der Waals surface area (Å²) < 4.78 is 5.93. The summed E-state index contributed by atoms with van der Waals surface area (Å²) >= 11 is 0. The van der Waals surface area contributed by atoms with Crippen molar-refractivity contribution in [2.75, 3.05) is 19.7 Å².